The van der Waals surface area contributed by atoms with Crippen molar-refractivity contribution < 1.29 is 14.6 Å². The van der Waals surface area contributed by atoms with Crippen LogP contribution in [0.25, 0.3) is 0 Å². The molecular formula is C12H16O3. The van der Waals surface area contributed by atoms with Gasteiger partial charge in [0, 0.05) is 6.61 Å². The number of epoxide rings is 1. The molecular weight excluding hydrogens is 192 g/mol. The molecule has 2 rings (SSSR count). The first-order chi connectivity index (χ1) is 7.36. The van der Waals surface area contributed by atoms with Gasteiger partial charge < -0.3 is 14.6 Å². The molecule has 1 aliphatic heterocycles. The fourth-order valence-corrected chi connectivity index (χ4v) is 1.43. The van der Waals surface area contributed by atoms with Gasteiger partial charge in [0.05, 0.1) is 19.3 Å². The van der Waals surface area contributed by atoms with E-state index in [1.807, 2.05) is 30.3 Å². The van der Waals surface area contributed by atoms with E-state index in [9.17, 15) is 5.11 Å². The molecule has 1 N–H and O–H groups in total. The summed E-state index contributed by atoms with van der Waals surface area (Å²) in [6.45, 7) is 1.88. The smallest absolute Gasteiger partial charge is 0.107 e. The summed E-state index contributed by atoms with van der Waals surface area (Å²) in [5.41, 5.74) is 1.16. The van der Waals surface area contributed by atoms with E-state index in [1.165, 1.54) is 0 Å². The molecule has 0 aliphatic carbocycles. The number of hydrogen-bond donors (Lipinski definition) is 1. The molecule has 3 nitrogen and oxygen atoms in total. The third kappa shape index (κ3) is 3.63. The molecule has 1 aromatic carbocycles. The summed E-state index contributed by atoms with van der Waals surface area (Å²) in [6, 6.07) is 10.0. The minimum atomic E-state index is -0.360. The van der Waals surface area contributed by atoms with Gasteiger partial charge in [0.2, 0.25) is 0 Å². The van der Waals surface area contributed by atoms with Gasteiger partial charge >= 0.3 is 0 Å². The molecule has 2 atom stereocenters. The van der Waals surface area contributed by atoms with Crippen molar-refractivity contribution in [1.29, 1.82) is 0 Å². The van der Waals surface area contributed by atoms with E-state index in [0.717, 1.165) is 5.56 Å². The first-order valence-corrected chi connectivity index (χ1v) is 5.27. The lowest BCUT2D eigenvalue weighted by Gasteiger charge is -2.07. The Morgan fingerprint density at radius 2 is 2.13 bits per heavy atom. The molecule has 82 valence electrons. The third-order valence-electron chi connectivity index (χ3n) is 2.46. The van der Waals surface area contributed by atoms with E-state index >= 15 is 0 Å². The average molecular weight is 208 g/mol. The Morgan fingerprint density at radius 3 is 2.80 bits per heavy atom. The Hall–Kier alpha value is -0.900. The Labute approximate surface area is 89.6 Å². The van der Waals surface area contributed by atoms with Crippen LogP contribution >= 0.6 is 0 Å². The third-order valence-corrected chi connectivity index (χ3v) is 2.46. The highest BCUT2D eigenvalue weighted by Crippen LogP contribution is 2.16. The molecule has 0 amide bonds. The molecule has 1 fully saturated rings. The van der Waals surface area contributed by atoms with Crippen LogP contribution in [0.3, 0.4) is 0 Å². The van der Waals surface area contributed by atoms with Gasteiger partial charge in [-0.3, -0.25) is 0 Å². The molecule has 0 bridgehead atoms. The van der Waals surface area contributed by atoms with Crippen molar-refractivity contribution in [3.63, 3.8) is 0 Å². The van der Waals surface area contributed by atoms with Gasteiger partial charge in [0.15, 0.2) is 0 Å². The number of rotatable bonds is 6. The molecule has 0 saturated carbocycles. The Kier molecular flexibility index (Phi) is 3.72. The zero-order valence-corrected chi connectivity index (χ0v) is 8.63. The molecule has 3 heteroatoms. The molecule has 0 radical (unpaired) electrons. The number of hydrogen-bond acceptors (Lipinski definition) is 3. The fourth-order valence-electron chi connectivity index (χ4n) is 1.43. The van der Waals surface area contributed by atoms with Crippen LogP contribution in [0, 0.1) is 0 Å². The van der Waals surface area contributed by atoms with Crippen molar-refractivity contribution in [2.24, 2.45) is 0 Å². The summed E-state index contributed by atoms with van der Waals surface area (Å²) < 4.78 is 10.4. The standard InChI is InChI=1S/C12H16O3/c13-11(12-9-15-12)6-7-14-8-10-4-2-1-3-5-10/h1-5,11-13H,6-9H2/t11-,12-/m1/s1. The first-order valence-electron chi connectivity index (χ1n) is 5.27. The topological polar surface area (TPSA) is 42.0 Å². The molecule has 15 heavy (non-hydrogen) atoms. The minimum Gasteiger partial charge on any atom is -0.390 e. The van der Waals surface area contributed by atoms with Crippen LogP contribution in [0.5, 0.6) is 0 Å². The van der Waals surface area contributed by atoms with E-state index in [1.54, 1.807) is 0 Å². The van der Waals surface area contributed by atoms with Gasteiger partial charge in [-0.25, -0.2) is 0 Å². The normalized spacial score (nSPS) is 21.3. The maximum atomic E-state index is 9.48. The Bertz CT molecular complexity index is 282. The highest BCUT2D eigenvalue weighted by molar-refractivity contribution is 5.13. The second-order valence-corrected chi connectivity index (χ2v) is 3.77. The fraction of sp³-hybridized carbons (Fsp3) is 0.500. The van der Waals surface area contributed by atoms with Crippen molar-refractivity contribution in [3.8, 4) is 0 Å². The summed E-state index contributed by atoms with van der Waals surface area (Å²) in [7, 11) is 0. The molecule has 1 heterocycles. The lowest BCUT2D eigenvalue weighted by atomic mass is 10.2. The Morgan fingerprint density at radius 1 is 1.40 bits per heavy atom. The van der Waals surface area contributed by atoms with Gasteiger partial charge in [-0.05, 0) is 12.0 Å². The van der Waals surface area contributed by atoms with Crippen LogP contribution in [-0.2, 0) is 16.1 Å². The molecule has 1 aromatic rings. The van der Waals surface area contributed by atoms with Crippen molar-refractivity contribution in [2.75, 3.05) is 13.2 Å². The SMILES string of the molecule is O[C@H](CCOCc1ccccc1)[C@H]1CO1. The number of aliphatic hydroxyl groups excluding tert-OH is 1. The van der Waals surface area contributed by atoms with Gasteiger partial charge in [0.1, 0.15) is 6.10 Å². The van der Waals surface area contributed by atoms with Crippen molar-refractivity contribution in [2.45, 2.75) is 25.2 Å². The van der Waals surface area contributed by atoms with Crippen LogP contribution in [0.1, 0.15) is 12.0 Å². The maximum Gasteiger partial charge on any atom is 0.107 e. The molecule has 0 aromatic heterocycles. The van der Waals surface area contributed by atoms with Gasteiger partial charge in [-0.15, -0.1) is 0 Å². The summed E-state index contributed by atoms with van der Waals surface area (Å²) in [5.74, 6) is 0. The van der Waals surface area contributed by atoms with Gasteiger partial charge in [0.25, 0.3) is 0 Å². The molecule has 1 saturated heterocycles. The predicted molar refractivity (Wildman–Crippen MR) is 56.5 cm³/mol. The quantitative estimate of drug-likeness (QED) is 0.567. The van der Waals surface area contributed by atoms with E-state index in [-0.39, 0.29) is 12.2 Å². The summed E-state index contributed by atoms with van der Waals surface area (Å²) in [6.07, 6.45) is 0.350. The molecule has 0 spiro atoms. The highest BCUT2D eigenvalue weighted by Gasteiger charge is 2.30. The van der Waals surface area contributed by atoms with Gasteiger partial charge in [-0.2, -0.15) is 0 Å². The van der Waals surface area contributed by atoms with Crippen molar-refractivity contribution in [3.05, 3.63) is 35.9 Å². The van der Waals surface area contributed by atoms with Crippen LogP contribution in [0.4, 0.5) is 0 Å². The number of ether oxygens (including phenoxy) is 2. The van der Waals surface area contributed by atoms with Crippen molar-refractivity contribution in [1.82, 2.24) is 0 Å². The lowest BCUT2D eigenvalue weighted by molar-refractivity contribution is 0.0605. The van der Waals surface area contributed by atoms with E-state index < -0.39 is 0 Å². The van der Waals surface area contributed by atoms with E-state index in [2.05, 4.69) is 0 Å². The Balaban J connectivity index is 1.58. The molecule has 0 unspecified atom stereocenters. The van der Waals surface area contributed by atoms with E-state index in [0.29, 0.717) is 26.2 Å². The zero-order chi connectivity index (χ0) is 10.5. The lowest BCUT2D eigenvalue weighted by Crippen LogP contribution is -2.16. The predicted octanol–water partition coefficient (Wildman–Crippen LogP) is 1.35. The van der Waals surface area contributed by atoms with Crippen LogP contribution in [0.2, 0.25) is 0 Å². The second-order valence-electron chi connectivity index (χ2n) is 3.77. The largest absolute Gasteiger partial charge is 0.390 e. The van der Waals surface area contributed by atoms with Crippen LogP contribution < -0.4 is 0 Å². The maximum absolute atomic E-state index is 9.48. The average Bonchev–Trinajstić information content (AvgIpc) is 3.09. The van der Waals surface area contributed by atoms with Crippen LogP contribution in [-0.4, -0.2) is 30.5 Å². The molecule has 1 aliphatic rings. The van der Waals surface area contributed by atoms with Gasteiger partial charge in [-0.1, -0.05) is 30.3 Å². The van der Waals surface area contributed by atoms with Crippen LogP contribution in [0.15, 0.2) is 30.3 Å². The van der Waals surface area contributed by atoms with Crippen molar-refractivity contribution >= 4 is 0 Å². The number of benzene rings is 1. The number of aliphatic hydroxyl groups is 1. The summed E-state index contributed by atoms with van der Waals surface area (Å²) in [4.78, 5) is 0. The monoisotopic (exact) mass is 208 g/mol. The minimum absolute atomic E-state index is 0.0605. The highest BCUT2D eigenvalue weighted by atomic mass is 16.6. The first kappa shape index (κ1) is 10.6. The summed E-state index contributed by atoms with van der Waals surface area (Å²) >= 11 is 0. The second kappa shape index (κ2) is 5.26. The summed E-state index contributed by atoms with van der Waals surface area (Å²) in [5, 5.41) is 9.48. The zero-order valence-electron chi connectivity index (χ0n) is 8.63. The van der Waals surface area contributed by atoms with E-state index in [4.69, 9.17) is 9.47 Å².